The van der Waals surface area contributed by atoms with E-state index >= 15 is 0 Å². The molecule has 1 heterocycles. The lowest BCUT2D eigenvalue weighted by atomic mass is 10.0. The van der Waals surface area contributed by atoms with Gasteiger partial charge >= 0.3 is 0 Å². The third-order valence-electron chi connectivity index (χ3n) is 2.85. The maximum Gasteiger partial charge on any atom is 0.267 e. The molecule has 0 atom stereocenters. The van der Waals surface area contributed by atoms with E-state index in [1.807, 2.05) is 31.2 Å². The number of aryl methyl sites for hydroxylation is 1. The highest BCUT2D eigenvalue weighted by Gasteiger charge is 2.11. The molecule has 0 bridgehead atoms. The van der Waals surface area contributed by atoms with Crippen LogP contribution in [-0.2, 0) is 16.5 Å². The minimum absolute atomic E-state index is 0.206. The van der Waals surface area contributed by atoms with Crippen molar-refractivity contribution in [2.45, 2.75) is 13.3 Å². The van der Waals surface area contributed by atoms with Crippen molar-refractivity contribution in [2.24, 2.45) is 0 Å². The van der Waals surface area contributed by atoms with Crippen molar-refractivity contribution in [3.8, 4) is 11.1 Å². The van der Waals surface area contributed by atoms with Crippen molar-refractivity contribution in [2.75, 3.05) is 23.8 Å². The Morgan fingerprint density at radius 3 is 2.17 bits per heavy atom. The number of benzene rings is 1. The fraction of sp³-hybridized carbons (Fsp3) is 0.286. The minimum atomic E-state index is -3.92. The smallest absolute Gasteiger partial charge is 0.267 e. The molecular weight excluding hydrogens is 356 g/mol. The van der Waals surface area contributed by atoms with Gasteiger partial charge in [-0.15, -0.1) is 0 Å². The highest BCUT2D eigenvalue weighted by Crippen LogP contribution is 2.29. The van der Waals surface area contributed by atoms with E-state index in [9.17, 15) is 8.42 Å². The van der Waals surface area contributed by atoms with Crippen LogP contribution < -0.4 is 11.5 Å². The highest BCUT2D eigenvalue weighted by molar-refractivity contribution is 7.85. The number of aliphatic hydroxyl groups is 1. The van der Waals surface area contributed by atoms with Crippen molar-refractivity contribution in [1.29, 1.82) is 0 Å². The molecule has 0 saturated carbocycles. The molecule has 24 heavy (non-hydrogen) atoms. The van der Waals surface area contributed by atoms with Gasteiger partial charge in [0.15, 0.2) is 0 Å². The largest absolute Gasteiger partial charge is 0.395 e. The Hall–Kier alpha value is -1.94. The highest BCUT2D eigenvalue weighted by atomic mass is 35.5. The van der Waals surface area contributed by atoms with E-state index in [1.165, 1.54) is 0 Å². The molecule has 0 aliphatic carbocycles. The average Bonchev–Trinajstić information content (AvgIpc) is 2.47. The number of aromatic nitrogens is 2. The molecule has 1 aromatic heterocycles. The molecule has 8 nitrogen and oxygen atoms in total. The Bertz CT molecular complexity index is 782. The molecule has 2 rings (SSSR count). The first-order valence-corrected chi connectivity index (χ1v) is 8.90. The Labute approximate surface area is 145 Å². The van der Waals surface area contributed by atoms with Crippen molar-refractivity contribution in [3.63, 3.8) is 0 Å². The maximum atomic E-state index is 9.63. The van der Waals surface area contributed by atoms with Crippen molar-refractivity contribution in [1.82, 2.24) is 9.97 Å². The van der Waals surface area contributed by atoms with Crippen LogP contribution in [0.15, 0.2) is 24.3 Å². The summed E-state index contributed by atoms with van der Waals surface area (Å²) in [5.41, 5.74) is 14.1. The second kappa shape index (κ2) is 8.78. The zero-order chi connectivity index (χ0) is 18.3. The van der Waals surface area contributed by atoms with Crippen LogP contribution in [0, 0.1) is 0 Å². The van der Waals surface area contributed by atoms with Crippen LogP contribution in [0.25, 0.3) is 11.1 Å². The molecule has 0 aliphatic heterocycles. The summed E-state index contributed by atoms with van der Waals surface area (Å²) in [5.74, 6) is 0.0289. The molecular formula is C14H19ClN4O4S. The van der Waals surface area contributed by atoms with Crippen LogP contribution in [0.5, 0.6) is 0 Å². The van der Waals surface area contributed by atoms with E-state index in [-0.39, 0.29) is 5.95 Å². The van der Waals surface area contributed by atoms with Gasteiger partial charge < -0.3 is 16.6 Å². The van der Waals surface area contributed by atoms with E-state index < -0.39 is 22.5 Å². The Morgan fingerprint density at radius 1 is 1.17 bits per heavy atom. The van der Waals surface area contributed by atoms with Crippen molar-refractivity contribution < 1.29 is 18.1 Å². The summed E-state index contributed by atoms with van der Waals surface area (Å²) in [7, 11) is -3.92. The van der Waals surface area contributed by atoms with E-state index in [0.29, 0.717) is 10.8 Å². The number of rotatable bonds is 4. The normalized spacial score (nSPS) is 10.8. The Balaban J connectivity index is 0.000000351. The molecule has 6 N–H and O–H groups in total. The van der Waals surface area contributed by atoms with Gasteiger partial charge in [0.25, 0.3) is 10.1 Å². The van der Waals surface area contributed by atoms with E-state index in [4.69, 9.17) is 32.7 Å². The van der Waals surface area contributed by atoms with Gasteiger partial charge in [0.2, 0.25) is 5.95 Å². The summed E-state index contributed by atoms with van der Waals surface area (Å²) < 4.78 is 27.1. The first-order valence-electron chi connectivity index (χ1n) is 6.91. The molecule has 132 valence electrons. The average molecular weight is 375 g/mol. The van der Waals surface area contributed by atoms with Crippen molar-refractivity contribution in [3.05, 3.63) is 35.0 Å². The fourth-order valence-electron chi connectivity index (χ4n) is 1.85. The van der Waals surface area contributed by atoms with Crippen LogP contribution >= 0.6 is 11.6 Å². The summed E-state index contributed by atoms with van der Waals surface area (Å²) in [4.78, 5) is 8.20. The monoisotopic (exact) mass is 374 g/mol. The third-order valence-corrected chi connectivity index (χ3v) is 3.80. The van der Waals surface area contributed by atoms with E-state index in [2.05, 4.69) is 9.97 Å². The number of hydrogen-bond acceptors (Lipinski definition) is 7. The van der Waals surface area contributed by atoms with Crippen LogP contribution in [0.3, 0.4) is 0 Å². The molecule has 0 amide bonds. The summed E-state index contributed by atoms with van der Waals surface area (Å²) in [6, 6.07) is 7.41. The zero-order valence-corrected chi connectivity index (χ0v) is 14.5. The van der Waals surface area contributed by atoms with Gasteiger partial charge in [-0.25, -0.2) is 4.98 Å². The number of nitrogens with zero attached hydrogens (tertiary/aromatic N) is 2. The Morgan fingerprint density at radius 2 is 1.75 bits per heavy atom. The molecule has 0 saturated heterocycles. The van der Waals surface area contributed by atoms with Crippen molar-refractivity contribution >= 4 is 33.5 Å². The summed E-state index contributed by atoms with van der Waals surface area (Å²) in [5, 5.41) is 8.54. The van der Waals surface area contributed by atoms with Gasteiger partial charge in [-0.2, -0.15) is 13.4 Å². The number of hydrogen-bond donors (Lipinski definition) is 4. The lowest BCUT2D eigenvalue weighted by Gasteiger charge is -2.10. The minimum Gasteiger partial charge on any atom is -0.395 e. The zero-order valence-electron chi connectivity index (χ0n) is 13.0. The van der Waals surface area contributed by atoms with Gasteiger partial charge in [-0.05, 0) is 24.1 Å². The molecule has 1 aromatic carbocycles. The molecule has 0 spiro atoms. The molecule has 0 radical (unpaired) electrons. The van der Waals surface area contributed by atoms with Crippen LogP contribution in [0.4, 0.5) is 11.8 Å². The summed E-state index contributed by atoms with van der Waals surface area (Å²) >= 11 is 5.86. The Kier molecular flexibility index (Phi) is 7.36. The van der Waals surface area contributed by atoms with Gasteiger partial charge in [-0.3, -0.25) is 4.55 Å². The summed E-state index contributed by atoms with van der Waals surface area (Å²) in [6.45, 7) is 1.47. The fourth-order valence-corrected chi connectivity index (χ4v) is 2.21. The standard InChI is InChI=1S/C12H13ClN4.C2H6O4S/c1-2-9-10(11(14)17-12(15)16-9)7-3-5-8(13)6-4-7;3-1-2-7(4,5)6/h3-6H,2H2,1H3,(H4,14,15,16,17);3H,1-2H2,(H,4,5,6). The van der Waals surface area contributed by atoms with Gasteiger partial charge in [0, 0.05) is 10.6 Å². The first-order chi connectivity index (χ1) is 11.2. The van der Waals surface area contributed by atoms with Crippen LogP contribution in [0.2, 0.25) is 5.02 Å². The lowest BCUT2D eigenvalue weighted by Crippen LogP contribution is -2.06. The van der Waals surface area contributed by atoms with E-state index in [0.717, 1.165) is 23.2 Å². The maximum absolute atomic E-state index is 9.63. The molecule has 0 aliphatic rings. The second-order valence-electron chi connectivity index (χ2n) is 4.66. The number of halogens is 1. The number of aliphatic hydroxyl groups excluding tert-OH is 1. The topological polar surface area (TPSA) is 152 Å². The molecule has 2 aromatic rings. The quantitative estimate of drug-likeness (QED) is 0.585. The number of anilines is 2. The molecule has 0 unspecified atom stereocenters. The third kappa shape index (κ3) is 6.28. The van der Waals surface area contributed by atoms with E-state index in [1.54, 1.807) is 0 Å². The summed E-state index contributed by atoms with van der Waals surface area (Å²) in [6.07, 6.45) is 0.745. The molecule has 0 fully saturated rings. The van der Waals surface area contributed by atoms with Crippen LogP contribution in [0.1, 0.15) is 12.6 Å². The molecule has 10 heteroatoms. The van der Waals surface area contributed by atoms with Gasteiger partial charge in [0.05, 0.1) is 18.1 Å². The SMILES string of the molecule is CCc1nc(N)nc(N)c1-c1ccc(Cl)cc1.O=S(=O)(O)CCO. The first kappa shape index (κ1) is 20.1. The van der Waals surface area contributed by atoms with Gasteiger partial charge in [-0.1, -0.05) is 30.7 Å². The predicted molar refractivity (Wildman–Crippen MR) is 94.2 cm³/mol. The lowest BCUT2D eigenvalue weighted by molar-refractivity contribution is 0.315. The predicted octanol–water partition coefficient (Wildman–Crippen LogP) is 1.39. The number of nitrogen functional groups attached to an aromatic ring is 2. The van der Waals surface area contributed by atoms with Crippen LogP contribution in [-0.4, -0.2) is 40.4 Å². The second-order valence-corrected chi connectivity index (χ2v) is 6.67. The van der Waals surface area contributed by atoms with Gasteiger partial charge in [0.1, 0.15) is 5.82 Å². The number of nitrogens with two attached hydrogens (primary N) is 2.